The van der Waals surface area contributed by atoms with Crippen LogP contribution in [0.15, 0.2) is 17.5 Å². The van der Waals surface area contributed by atoms with Gasteiger partial charge in [-0.15, -0.1) is 11.3 Å². The van der Waals surface area contributed by atoms with Crippen LogP contribution in [0.2, 0.25) is 0 Å². The van der Waals surface area contributed by atoms with E-state index >= 15 is 0 Å². The van der Waals surface area contributed by atoms with Gasteiger partial charge < -0.3 is 15.8 Å². The summed E-state index contributed by atoms with van der Waals surface area (Å²) >= 11 is 1.63. The molecule has 5 heteroatoms. The van der Waals surface area contributed by atoms with Crippen molar-refractivity contribution in [3.63, 3.8) is 0 Å². The quantitative estimate of drug-likeness (QED) is 0.830. The maximum Gasteiger partial charge on any atom is 0.243 e. The molecule has 88 valence electrons. The first-order chi connectivity index (χ1) is 7.62. The molecular formula is C11H16N2O2S. The van der Waals surface area contributed by atoms with E-state index in [1.54, 1.807) is 11.3 Å². The van der Waals surface area contributed by atoms with Crippen LogP contribution in [-0.4, -0.2) is 24.7 Å². The topological polar surface area (TPSA) is 64.4 Å². The zero-order valence-corrected chi connectivity index (χ0v) is 10.0. The molecule has 2 heterocycles. The molecule has 3 N–H and O–H groups in total. The molecule has 0 bridgehead atoms. The highest BCUT2D eigenvalue weighted by atomic mass is 32.1. The number of nitrogens with two attached hydrogens (primary N) is 1. The predicted octanol–water partition coefficient (Wildman–Crippen LogP) is 1.04. The van der Waals surface area contributed by atoms with Gasteiger partial charge >= 0.3 is 0 Å². The van der Waals surface area contributed by atoms with E-state index < -0.39 is 5.54 Å². The molecule has 0 aliphatic carbocycles. The summed E-state index contributed by atoms with van der Waals surface area (Å²) in [7, 11) is 0. The lowest BCUT2D eigenvalue weighted by atomic mass is 9.99. The number of nitrogens with one attached hydrogen (secondary N) is 1. The summed E-state index contributed by atoms with van der Waals surface area (Å²) in [4.78, 5) is 13.1. The first-order valence-electron chi connectivity index (χ1n) is 5.33. The van der Waals surface area contributed by atoms with E-state index in [0.717, 1.165) is 4.88 Å². The number of ether oxygens (including phenoxy) is 1. The van der Waals surface area contributed by atoms with Crippen molar-refractivity contribution in [3.05, 3.63) is 22.4 Å². The lowest BCUT2D eigenvalue weighted by Crippen LogP contribution is -2.54. The van der Waals surface area contributed by atoms with Gasteiger partial charge in [0, 0.05) is 11.5 Å². The second-order valence-corrected chi connectivity index (χ2v) is 5.15. The minimum atomic E-state index is -0.842. The highest BCUT2D eigenvalue weighted by molar-refractivity contribution is 7.10. The fourth-order valence-corrected chi connectivity index (χ4v) is 2.44. The van der Waals surface area contributed by atoms with Crippen molar-refractivity contribution in [2.45, 2.75) is 24.9 Å². The van der Waals surface area contributed by atoms with Crippen molar-refractivity contribution >= 4 is 17.2 Å². The smallest absolute Gasteiger partial charge is 0.243 e. The van der Waals surface area contributed by atoms with Crippen LogP contribution in [0.3, 0.4) is 0 Å². The molecule has 1 aliphatic heterocycles. The Balaban J connectivity index is 1.97. The fourth-order valence-electron chi connectivity index (χ4n) is 1.71. The Labute approximate surface area is 98.8 Å². The van der Waals surface area contributed by atoms with Crippen molar-refractivity contribution in [1.82, 2.24) is 5.32 Å². The van der Waals surface area contributed by atoms with Crippen molar-refractivity contribution in [3.8, 4) is 0 Å². The van der Waals surface area contributed by atoms with Crippen LogP contribution in [0.4, 0.5) is 0 Å². The Morgan fingerprint density at radius 2 is 2.56 bits per heavy atom. The zero-order chi connectivity index (χ0) is 11.6. The Morgan fingerprint density at radius 3 is 3.12 bits per heavy atom. The molecule has 0 spiro atoms. The molecule has 2 unspecified atom stereocenters. The number of thiophene rings is 1. The minimum Gasteiger partial charge on any atom is -0.379 e. The highest BCUT2D eigenvalue weighted by Crippen LogP contribution is 2.21. The minimum absolute atomic E-state index is 0.00789. The maximum atomic E-state index is 12.0. The summed E-state index contributed by atoms with van der Waals surface area (Å²) in [6.07, 6.45) is 0.593. The molecule has 1 aromatic rings. The van der Waals surface area contributed by atoms with Crippen LogP contribution in [0.1, 0.15) is 24.3 Å². The van der Waals surface area contributed by atoms with Crippen LogP contribution >= 0.6 is 11.3 Å². The molecule has 1 aliphatic rings. The summed E-state index contributed by atoms with van der Waals surface area (Å²) in [5, 5.41) is 4.93. The van der Waals surface area contributed by atoms with E-state index in [4.69, 9.17) is 10.5 Å². The Kier molecular flexibility index (Phi) is 3.28. The van der Waals surface area contributed by atoms with E-state index in [-0.39, 0.29) is 11.9 Å². The van der Waals surface area contributed by atoms with Gasteiger partial charge in [0.2, 0.25) is 5.91 Å². The maximum absolute atomic E-state index is 12.0. The summed E-state index contributed by atoms with van der Waals surface area (Å²) < 4.78 is 5.17. The van der Waals surface area contributed by atoms with Gasteiger partial charge in [-0.3, -0.25) is 4.79 Å². The second-order valence-electron chi connectivity index (χ2n) is 4.17. The molecule has 2 rings (SSSR count). The van der Waals surface area contributed by atoms with Crippen LogP contribution in [0.5, 0.6) is 0 Å². The van der Waals surface area contributed by atoms with E-state index in [1.807, 2.05) is 24.4 Å². The summed E-state index contributed by atoms with van der Waals surface area (Å²) in [5.74, 6) is -0.120. The van der Waals surface area contributed by atoms with Gasteiger partial charge in [-0.1, -0.05) is 6.07 Å². The van der Waals surface area contributed by atoms with Gasteiger partial charge in [-0.2, -0.15) is 0 Å². The van der Waals surface area contributed by atoms with Crippen molar-refractivity contribution in [2.75, 3.05) is 13.2 Å². The zero-order valence-electron chi connectivity index (χ0n) is 9.23. The van der Waals surface area contributed by atoms with E-state index in [2.05, 4.69) is 5.32 Å². The Bertz CT molecular complexity index is 358. The van der Waals surface area contributed by atoms with Crippen LogP contribution in [0.25, 0.3) is 0 Å². The standard InChI is InChI=1S/C11H16N2O2S/c1-8(9-3-2-6-16-9)13-10(14)11(12)4-5-15-7-11/h2-3,6,8H,4-5,7,12H2,1H3,(H,13,14). The van der Waals surface area contributed by atoms with Gasteiger partial charge in [-0.25, -0.2) is 0 Å². The number of carbonyl (C=O) groups excluding carboxylic acids is 1. The first-order valence-corrected chi connectivity index (χ1v) is 6.21. The second kappa shape index (κ2) is 4.53. The molecule has 1 aromatic heterocycles. The summed E-state index contributed by atoms with van der Waals surface area (Å²) in [6, 6.07) is 3.98. The SMILES string of the molecule is CC(NC(=O)C1(N)CCOC1)c1cccs1. The third-order valence-electron chi connectivity index (χ3n) is 2.82. The first kappa shape index (κ1) is 11.6. The van der Waals surface area contributed by atoms with E-state index in [0.29, 0.717) is 19.6 Å². The van der Waals surface area contributed by atoms with Crippen LogP contribution in [0, 0.1) is 0 Å². The molecule has 2 atom stereocenters. The van der Waals surface area contributed by atoms with E-state index in [1.165, 1.54) is 0 Å². The van der Waals surface area contributed by atoms with Crippen LogP contribution < -0.4 is 11.1 Å². The van der Waals surface area contributed by atoms with Crippen LogP contribution in [-0.2, 0) is 9.53 Å². The number of rotatable bonds is 3. The van der Waals surface area contributed by atoms with Crippen molar-refractivity contribution in [1.29, 1.82) is 0 Å². The molecule has 0 saturated carbocycles. The predicted molar refractivity (Wildman–Crippen MR) is 63.2 cm³/mol. The molecule has 0 aromatic carbocycles. The highest BCUT2D eigenvalue weighted by Gasteiger charge is 2.38. The average Bonchev–Trinajstić information content (AvgIpc) is 2.88. The normalized spacial score (nSPS) is 26.6. The van der Waals surface area contributed by atoms with Crippen molar-refractivity contribution < 1.29 is 9.53 Å². The molecular weight excluding hydrogens is 224 g/mol. The molecule has 4 nitrogen and oxygen atoms in total. The number of amides is 1. The monoisotopic (exact) mass is 240 g/mol. The third kappa shape index (κ3) is 2.26. The molecule has 16 heavy (non-hydrogen) atoms. The van der Waals surface area contributed by atoms with Gasteiger partial charge in [0.05, 0.1) is 12.6 Å². The van der Waals surface area contributed by atoms with Gasteiger partial charge in [0.15, 0.2) is 0 Å². The number of hydrogen-bond donors (Lipinski definition) is 2. The number of hydrogen-bond acceptors (Lipinski definition) is 4. The summed E-state index contributed by atoms with van der Waals surface area (Å²) in [5.41, 5.74) is 5.13. The van der Waals surface area contributed by atoms with Gasteiger partial charge in [0.25, 0.3) is 0 Å². The molecule has 1 fully saturated rings. The van der Waals surface area contributed by atoms with E-state index in [9.17, 15) is 4.79 Å². The van der Waals surface area contributed by atoms with Gasteiger partial charge in [-0.05, 0) is 24.8 Å². The molecule has 1 saturated heterocycles. The average molecular weight is 240 g/mol. The third-order valence-corrected chi connectivity index (χ3v) is 3.88. The Morgan fingerprint density at radius 1 is 1.75 bits per heavy atom. The summed E-state index contributed by atoms with van der Waals surface area (Å²) in [6.45, 7) is 2.84. The Hall–Kier alpha value is -0.910. The lowest BCUT2D eigenvalue weighted by molar-refractivity contribution is -0.127. The molecule has 0 radical (unpaired) electrons. The van der Waals surface area contributed by atoms with Crippen molar-refractivity contribution in [2.24, 2.45) is 5.73 Å². The lowest BCUT2D eigenvalue weighted by Gasteiger charge is -2.23. The molecule has 1 amide bonds. The number of carbonyl (C=O) groups is 1. The largest absolute Gasteiger partial charge is 0.379 e. The van der Waals surface area contributed by atoms with Gasteiger partial charge in [0.1, 0.15) is 5.54 Å². The fraction of sp³-hybridized carbons (Fsp3) is 0.545.